The topological polar surface area (TPSA) is 57.2 Å². The summed E-state index contributed by atoms with van der Waals surface area (Å²) in [6.45, 7) is 7.74. The fourth-order valence-corrected chi connectivity index (χ4v) is 2.36. The maximum atomic E-state index is 9.91. The van der Waals surface area contributed by atoms with E-state index in [0.717, 1.165) is 0 Å². The Hall–Kier alpha value is -0.460. The molecule has 2 rings (SSSR count). The maximum Gasteiger partial charge on any atom is 0.164 e. The van der Waals surface area contributed by atoms with E-state index in [1.165, 1.54) is 0 Å². The zero-order valence-corrected chi connectivity index (χ0v) is 10.5. The predicted octanol–water partition coefficient (Wildman–Crippen LogP) is 0.816. The number of hydrogen-bond donors (Lipinski definition) is 1. The third-order valence-corrected chi connectivity index (χ3v) is 3.14. The highest BCUT2D eigenvalue weighted by molar-refractivity contribution is 5.19. The van der Waals surface area contributed by atoms with Gasteiger partial charge in [-0.15, -0.1) is 0 Å². The minimum absolute atomic E-state index is 0.177. The van der Waals surface area contributed by atoms with Crippen LogP contribution in [0.1, 0.15) is 20.3 Å². The van der Waals surface area contributed by atoms with E-state index < -0.39 is 11.9 Å². The SMILES string of the molecule is C=C1[C@H]2OC(C)(C)O[C@H]2[C@@H](OCOC)C[C@@H]1O. The quantitative estimate of drug-likeness (QED) is 0.588. The molecule has 2 fully saturated rings. The van der Waals surface area contributed by atoms with Crippen molar-refractivity contribution in [1.29, 1.82) is 0 Å². The number of methoxy groups -OCH3 is 1. The largest absolute Gasteiger partial charge is 0.389 e. The first-order valence-corrected chi connectivity index (χ1v) is 5.77. The van der Waals surface area contributed by atoms with E-state index in [0.29, 0.717) is 12.0 Å². The van der Waals surface area contributed by atoms with Gasteiger partial charge in [-0.05, 0) is 19.4 Å². The zero-order valence-electron chi connectivity index (χ0n) is 10.5. The maximum absolute atomic E-state index is 9.91. The second-order valence-electron chi connectivity index (χ2n) is 4.96. The normalized spacial score (nSPS) is 40.4. The molecule has 17 heavy (non-hydrogen) atoms. The van der Waals surface area contributed by atoms with Crippen molar-refractivity contribution in [3.63, 3.8) is 0 Å². The van der Waals surface area contributed by atoms with Gasteiger partial charge in [0, 0.05) is 13.5 Å². The van der Waals surface area contributed by atoms with Gasteiger partial charge in [0.15, 0.2) is 5.79 Å². The Morgan fingerprint density at radius 1 is 1.47 bits per heavy atom. The van der Waals surface area contributed by atoms with E-state index in [2.05, 4.69) is 6.58 Å². The Morgan fingerprint density at radius 3 is 2.82 bits per heavy atom. The van der Waals surface area contributed by atoms with Crippen molar-refractivity contribution < 1.29 is 24.1 Å². The van der Waals surface area contributed by atoms with Gasteiger partial charge in [0.05, 0.1) is 12.2 Å². The molecule has 1 aliphatic carbocycles. The summed E-state index contributed by atoms with van der Waals surface area (Å²) in [7, 11) is 1.56. The molecular weight excluding hydrogens is 224 g/mol. The monoisotopic (exact) mass is 244 g/mol. The standard InChI is InChI=1S/C12H20O5/c1-7-8(13)5-9(15-6-14-4)11-10(7)16-12(2,3)17-11/h8-11,13H,1,5-6H2,2-4H3/t8-,9-,10+,11-/m0/s1. The summed E-state index contributed by atoms with van der Waals surface area (Å²) in [5, 5.41) is 9.91. The highest BCUT2D eigenvalue weighted by Gasteiger charge is 2.51. The fourth-order valence-electron chi connectivity index (χ4n) is 2.36. The Labute approximate surface area is 101 Å². The predicted molar refractivity (Wildman–Crippen MR) is 60.3 cm³/mol. The van der Waals surface area contributed by atoms with Gasteiger partial charge in [0.1, 0.15) is 19.0 Å². The summed E-state index contributed by atoms with van der Waals surface area (Å²) >= 11 is 0. The molecule has 0 radical (unpaired) electrons. The fraction of sp³-hybridized carbons (Fsp3) is 0.833. The summed E-state index contributed by atoms with van der Waals surface area (Å²) in [6.07, 6.45) is -0.924. The molecule has 4 atom stereocenters. The molecule has 0 unspecified atom stereocenters. The molecule has 0 amide bonds. The third-order valence-electron chi connectivity index (χ3n) is 3.14. The van der Waals surface area contributed by atoms with Crippen LogP contribution in [0.3, 0.4) is 0 Å². The van der Waals surface area contributed by atoms with Crippen molar-refractivity contribution in [2.45, 2.75) is 50.5 Å². The second kappa shape index (κ2) is 4.66. The lowest BCUT2D eigenvalue weighted by Crippen LogP contribution is -2.47. The molecule has 1 N–H and O–H groups in total. The number of rotatable bonds is 3. The van der Waals surface area contributed by atoms with Crippen LogP contribution >= 0.6 is 0 Å². The summed E-state index contributed by atoms with van der Waals surface area (Å²) in [6, 6.07) is 0. The molecular formula is C12H20O5. The molecule has 1 heterocycles. The molecule has 98 valence electrons. The van der Waals surface area contributed by atoms with E-state index in [1.54, 1.807) is 7.11 Å². The number of hydrogen-bond acceptors (Lipinski definition) is 5. The van der Waals surface area contributed by atoms with Gasteiger partial charge >= 0.3 is 0 Å². The molecule has 5 heteroatoms. The van der Waals surface area contributed by atoms with Gasteiger partial charge in [-0.25, -0.2) is 0 Å². The van der Waals surface area contributed by atoms with Gasteiger partial charge in [-0.2, -0.15) is 0 Å². The Kier molecular flexibility index (Phi) is 3.56. The van der Waals surface area contributed by atoms with Gasteiger partial charge in [0.25, 0.3) is 0 Å². The average molecular weight is 244 g/mol. The van der Waals surface area contributed by atoms with Crippen molar-refractivity contribution in [3.8, 4) is 0 Å². The molecule has 1 aliphatic heterocycles. The molecule has 0 spiro atoms. The Morgan fingerprint density at radius 2 is 2.18 bits per heavy atom. The smallest absolute Gasteiger partial charge is 0.164 e. The van der Waals surface area contributed by atoms with E-state index in [4.69, 9.17) is 18.9 Å². The molecule has 1 saturated carbocycles. The molecule has 0 bridgehead atoms. The van der Waals surface area contributed by atoms with Crippen LogP contribution in [0.25, 0.3) is 0 Å². The molecule has 0 aromatic heterocycles. The van der Waals surface area contributed by atoms with Crippen molar-refractivity contribution in [3.05, 3.63) is 12.2 Å². The summed E-state index contributed by atoms with van der Waals surface area (Å²) in [5.74, 6) is -0.670. The van der Waals surface area contributed by atoms with Crippen LogP contribution in [-0.4, -0.2) is 49.2 Å². The van der Waals surface area contributed by atoms with Crippen LogP contribution in [-0.2, 0) is 18.9 Å². The van der Waals surface area contributed by atoms with Crippen LogP contribution < -0.4 is 0 Å². The van der Waals surface area contributed by atoms with Crippen LogP contribution in [0.5, 0.6) is 0 Å². The molecule has 2 aliphatic rings. The van der Waals surface area contributed by atoms with Crippen molar-refractivity contribution in [2.75, 3.05) is 13.9 Å². The van der Waals surface area contributed by atoms with Crippen LogP contribution in [0, 0.1) is 0 Å². The first-order valence-electron chi connectivity index (χ1n) is 5.77. The lowest BCUT2D eigenvalue weighted by atomic mass is 9.86. The van der Waals surface area contributed by atoms with Gasteiger partial charge < -0.3 is 24.1 Å². The number of fused-ring (bicyclic) bond motifs is 1. The minimum Gasteiger partial charge on any atom is -0.389 e. The molecule has 0 aromatic carbocycles. The molecule has 5 nitrogen and oxygen atoms in total. The van der Waals surface area contributed by atoms with Crippen molar-refractivity contribution in [1.82, 2.24) is 0 Å². The van der Waals surface area contributed by atoms with E-state index >= 15 is 0 Å². The van der Waals surface area contributed by atoms with Crippen molar-refractivity contribution >= 4 is 0 Å². The van der Waals surface area contributed by atoms with E-state index in [1.807, 2.05) is 13.8 Å². The van der Waals surface area contributed by atoms with Crippen LogP contribution in [0.2, 0.25) is 0 Å². The van der Waals surface area contributed by atoms with Gasteiger partial charge in [0.2, 0.25) is 0 Å². The molecule has 0 aromatic rings. The summed E-state index contributed by atoms with van der Waals surface area (Å²) in [4.78, 5) is 0. The lowest BCUT2D eigenvalue weighted by molar-refractivity contribution is -0.171. The summed E-state index contributed by atoms with van der Waals surface area (Å²) < 4.78 is 22.0. The van der Waals surface area contributed by atoms with Crippen LogP contribution in [0.4, 0.5) is 0 Å². The first-order chi connectivity index (χ1) is 7.94. The lowest BCUT2D eigenvalue weighted by Gasteiger charge is -2.35. The van der Waals surface area contributed by atoms with Crippen molar-refractivity contribution in [2.24, 2.45) is 0 Å². The van der Waals surface area contributed by atoms with Gasteiger partial charge in [-0.3, -0.25) is 0 Å². The third kappa shape index (κ3) is 2.53. The number of ether oxygens (including phenoxy) is 4. The van der Waals surface area contributed by atoms with E-state index in [9.17, 15) is 5.11 Å². The Balaban J connectivity index is 2.12. The molecule has 1 saturated heterocycles. The zero-order chi connectivity index (χ0) is 12.6. The Bertz CT molecular complexity index is 301. The highest BCUT2D eigenvalue weighted by atomic mass is 16.8. The number of aliphatic hydroxyl groups excluding tert-OH is 1. The van der Waals surface area contributed by atoms with Gasteiger partial charge in [-0.1, -0.05) is 6.58 Å². The number of aliphatic hydroxyl groups is 1. The average Bonchev–Trinajstić information content (AvgIpc) is 2.58. The highest BCUT2D eigenvalue weighted by Crippen LogP contribution is 2.40. The van der Waals surface area contributed by atoms with E-state index in [-0.39, 0.29) is 25.1 Å². The van der Waals surface area contributed by atoms with Crippen LogP contribution in [0.15, 0.2) is 12.2 Å². The minimum atomic E-state index is -0.670. The summed E-state index contributed by atoms with van der Waals surface area (Å²) in [5.41, 5.74) is 0.665. The second-order valence-corrected chi connectivity index (χ2v) is 4.96. The first kappa shape index (κ1) is 13.0.